The van der Waals surface area contributed by atoms with Crippen molar-refractivity contribution in [2.24, 2.45) is 0 Å². The van der Waals surface area contributed by atoms with E-state index in [-0.39, 0.29) is 11.5 Å². The maximum atomic E-state index is 13.1. The zero-order chi connectivity index (χ0) is 21.4. The van der Waals surface area contributed by atoms with Crippen LogP contribution < -0.4 is 10.9 Å². The topological polar surface area (TPSA) is 68.4 Å². The van der Waals surface area contributed by atoms with E-state index in [4.69, 9.17) is 0 Å². The van der Waals surface area contributed by atoms with Gasteiger partial charge in [-0.05, 0) is 62.4 Å². The lowest BCUT2D eigenvalue weighted by Gasteiger charge is -2.10. The average Bonchev–Trinajstić information content (AvgIpc) is 3.17. The summed E-state index contributed by atoms with van der Waals surface area (Å²) in [6.45, 7) is 2.46. The van der Waals surface area contributed by atoms with Gasteiger partial charge in [0.1, 0.15) is 5.52 Å². The largest absolute Gasteiger partial charge is 0.322 e. The molecule has 5 rings (SSSR count). The smallest absolute Gasteiger partial charge is 0.277 e. The second-order valence-electron chi connectivity index (χ2n) is 8.17. The third kappa shape index (κ3) is 3.77. The molecule has 0 saturated heterocycles. The first kappa shape index (κ1) is 19.3. The zero-order valence-electron chi connectivity index (χ0n) is 17.5. The molecule has 2 heterocycles. The van der Waals surface area contributed by atoms with Crippen LogP contribution in [0.2, 0.25) is 0 Å². The van der Waals surface area contributed by atoms with Crippen LogP contribution in [0.4, 0.5) is 5.69 Å². The molecule has 0 spiro atoms. The number of nitrogens with zero attached hydrogens (tertiary/aromatic N) is 3. The molecule has 1 aliphatic rings. The van der Waals surface area contributed by atoms with Crippen LogP contribution >= 0.6 is 0 Å². The van der Waals surface area contributed by atoms with E-state index in [1.807, 2.05) is 49.5 Å². The van der Waals surface area contributed by atoms with Gasteiger partial charge in [-0.2, -0.15) is 5.10 Å². The van der Waals surface area contributed by atoms with Crippen LogP contribution in [0, 0.1) is 6.92 Å². The van der Waals surface area contributed by atoms with Crippen molar-refractivity contribution >= 4 is 17.1 Å². The van der Waals surface area contributed by atoms with Crippen LogP contribution in [-0.4, -0.2) is 20.1 Å². The molecule has 0 aliphatic heterocycles. The highest BCUT2D eigenvalue weighted by Gasteiger charge is 2.19. The number of nitrogens with one attached hydrogen (secondary N) is 1. The number of aryl methyl sites for hydroxylation is 3. The second kappa shape index (κ2) is 7.87. The normalized spacial score (nSPS) is 13.2. The molecule has 4 aromatic rings. The third-order valence-corrected chi connectivity index (χ3v) is 5.91. The van der Waals surface area contributed by atoms with Gasteiger partial charge in [-0.1, -0.05) is 29.8 Å². The van der Waals surface area contributed by atoms with Crippen LogP contribution in [0.3, 0.4) is 0 Å². The van der Waals surface area contributed by atoms with Crippen LogP contribution in [0.5, 0.6) is 0 Å². The molecule has 31 heavy (non-hydrogen) atoms. The van der Waals surface area contributed by atoms with Gasteiger partial charge >= 0.3 is 0 Å². The highest BCUT2D eigenvalue weighted by atomic mass is 16.1. The molecule has 1 N–H and O–H groups in total. The van der Waals surface area contributed by atoms with Crippen LogP contribution in [0.1, 0.15) is 45.6 Å². The maximum absolute atomic E-state index is 13.1. The lowest BCUT2D eigenvalue weighted by Crippen LogP contribution is -2.23. The molecule has 0 fully saturated rings. The summed E-state index contributed by atoms with van der Waals surface area (Å²) in [5.41, 5.74) is 6.31. The lowest BCUT2D eigenvalue weighted by atomic mass is 9.97. The quantitative estimate of drug-likeness (QED) is 0.551. The average molecular weight is 412 g/mol. The Morgan fingerprint density at radius 2 is 1.74 bits per heavy atom. The van der Waals surface area contributed by atoms with E-state index in [2.05, 4.69) is 10.4 Å². The monoisotopic (exact) mass is 412 g/mol. The van der Waals surface area contributed by atoms with Crippen molar-refractivity contribution in [3.05, 3.63) is 99.2 Å². The van der Waals surface area contributed by atoms with Crippen molar-refractivity contribution in [3.8, 4) is 0 Å². The summed E-state index contributed by atoms with van der Waals surface area (Å²) in [6.07, 6.45) is 7.75. The Labute approximate surface area is 180 Å². The number of aromatic nitrogens is 3. The number of carbonyl (C=O) groups excluding carboxylic acids is 1. The molecule has 156 valence electrons. The number of benzene rings is 2. The molecule has 1 amide bonds. The van der Waals surface area contributed by atoms with Gasteiger partial charge in [-0.3, -0.25) is 9.59 Å². The standard InChI is InChI=1S/C25H24N4O2/c1-17-6-12-20(13-7-17)26-24(30)19-10-8-18(9-11-19)16-28-14-15-29-23(25(28)31)21-4-2-3-5-22(21)27-29/h6-15H,2-5,16H2,1H3,(H,26,30). The second-order valence-corrected chi connectivity index (χ2v) is 8.17. The minimum Gasteiger partial charge on any atom is -0.322 e. The lowest BCUT2D eigenvalue weighted by molar-refractivity contribution is 0.102. The predicted molar refractivity (Wildman–Crippen MR) is 121 cm³/mol. The summed E-state index contributed by atoms with van der Waals surface area (Å²) in [4.78, 5) is 25.6. The van der Waals surface area contributed by atoms with E-state index >= 15 is 0 Å². The van der Waals surface area contributed by atoms with E-state index < -0.39 is 0 Å². The fourth-order valence-electron chi connectivity index (χ4n) is 4.18. The summed E-state index contributed by atoms with van der Waals surface area (Å²) in [6, 6.07) is 15.1. The maximum Gasteiger partial charge on any atom is 0.277 e. The molecule has 0 atom stereocenters. The Hall–Kier alpha value is -3.67. The number of rotatable bonds is 4. The Balaban J connectivity index is 1.35. The highest BCUT2D eigenvalue weighted by molar-refractivity contribution is 6.04. The molecule has 1 aliphatic carbocycles. The Morgan fingerprint density at radius 1 is 1.00 bits per heavy atom. The molecule has 2 aromatic carbocycles. The van der Waals surface area contributed by atoms with E-state index in [9.17, 15) is 9.59 Å². The highest BCUT2D eigenvalue weighted by Crippen LogP contribution is 2.22. The summed E-state index contributed by atoms with van der Waals surface area (Å²) in [5, 5.41) is 7.50. The fourth-order valence-corrected chi connectivity index (χ4v) is 4.18. The number of hydrogen-bond acceptors (Lipinski definition) is 3. The number of carbonyl (C=O) groups is 1. The van der Waals surface area contributed by atoms with Gasteiger partial charge in [0.05, 0.1) is 12.2 Å². The minimum absolute atomic E-state index is 0.0145. The van der Waals surface area contributed by atoms with Crippen LogP contribution in [0.15, 0.2) is 65.7 Å². The van der Waals surface area contributed by atoms with Crippen molar-refractivity contribution in [1.29, 1.82) is 0 Å². The van der Waals surface area contributed by atoms with Crippen molar-refractivity contribution in [2.75, 3.05) is 5.32 Å². The van der Waals surface area contributed by atoms with Gasteiger partial charge < -0.3 is 9.88 Å². The molecule has 0 bridgehead atoms. The summed E-state index contributed by atoms with van der Waals surface area (Å²) < 4.78 is 3.45. The first-order chi connectivity index (χ1) is 15.1. The molecule has 6 nitrogen and oxygen atoms in total. The number of amides is 1. The number of anilines is 1. The summed E-state index contributed by atoms with van der Waals surface area (Å²) in [7, 11) is 0. The zero-order valence-corrected chi connectivity index (χ0v) is 17.5. The third-order valence-electron chi connectivity index (χ3n) is 5.91. The summed E-state index contributed by atoms with van der Waals surface area (Å²) in [5.74, 6) is -0.153. The van der Waals surface area contributed by atoms with Crippen LogP contribution in [-0.2, 0) is 19.4 Å². The Morgan fingerprint density at radius 3 is 2.52 bits per heavy atom. The molecular weight excluding hydrogens is 388 g/mol. The SMILES string of the molecule is Cc1ccc(NC(=O)c2ccc(Cn3ccn4nc5c(c4c3=O)CCCC5)cc2)cc1. The van der Waals surface area contributed by atoms with Gasteiger partial charge in [0.2, 0.25) is 0 Å². The molecular formula is C25H24N4O2. The van der Waals surface area contributed by atoms with Gasteiger partial charge in [0.15, 0.2) is 0 Å². The fraction of sp³-hybridized carbons (Fsp3) is 0.240. The molecule has 2 aromatic heterocycles. The van der Waals surface area contributed by atoms with Crippen molar-refractivity contribution in [2.45, 2.75) is 39.2 Å². The van der Waals surface area contributed by atoms with Gasteiger partial charge in [0, 0.05) is 29.2 Å². The number of hydrogen-bond donors (Lipinski definition) is 1. The predicted octanol–water partition coefficient (Wildman–Crippen LogP) is 3.98. The number of fused-ring (bicyclic) bond motifs is 3. The van der Waals surface area contributed by atoms with Gasteiger partial charge in [0.25, 0.3) is 11.5 Å². The van der Waals surface area contributed by atoms with E-state index in [0.29, 0.717) is 17.6 Å². The minimum atomic E-state index is -0.153. The van der Waals surface area contributed by atoms with Crippen LogP contribution in [0.25, 0.3) is 5.52 Å². The van der Waals surface area contributed by atoms with E-state index in [1.54, 1.807) is 27.4 Å². The molecule has 0 radical (unpaired) electrons. The molecule has 6 heteroatoms. The van der Waals surface area contributed by atoms with Gasteiger partial charge in [-0.25, -0.2) is 4.52 Å². The molecule has 0 unspecified atom stereocenters. The Bertz CT molecular complexity index is 1310. The van der Waals surface area contributed by atoms with E-state index in [1.165, 1.54) is 0 Å². The van der Waals surface area contributed by atoms with E-state index in [0.717, 1.165) is 53.8 Å². The Kier molecular flexibility index (Phi) is 4.90. The first-order valence-electron chi connectivity index (χ1n) is 10.6. The van der Waals surface area contributed by atoms with Crippen molar-refractivity contribution in [3.63, 3.8) is 0 Å². The summed E-state index contributed by atoms with van der Waals surface area (Å²) >= 11 is 0. The van der Waals surface area contributed by atoms with Gasteiger partial charge in [-0.15, -0.1) is 0 Å². The first-order valence-corrected chi connectivity index (χ1v) is 10.6. The molecule has 0 saturated carbocycles. The van der Waals surface area contributed by atoms with Crippen molar-refractivity contribution < 1.29 is 4.79 Å². The van der Waals surface area contributed by atoms with Crippen molar-refractivity contribution in [1.82, 2.24) is 14.2 Å².